The van der Waals surface area contributed by atoms with Crippen LogP contribution < -0.4 is 0 Å². The van der Waals surface area contributed by atoms with Crippen LogP contribution in [0.4, 0.5) is 0 Å². The highest BCUT2D eigenvalue weighted by atomic mass is 127. The van der Waals surface area contributed by atoms with Gasteiger partial charge in [-0.15, -0.1) is 5.10 Å². The van der Waals surface area contributed by atoms with Crippen LogP contribution in [0.5, 0.6) is 0 Å². The molecule has 0 atom stereocenters. The molecule has 2 heterocycles. The monoisotopic (exact) mass is 329 g/mol. The Hall–Kier alpha value is -0.690. The first-order valence-corrected chi connectivity index (χ1v) is 6.51. The van der Waals surface area contributed by atoms with Crippen molar-refractivity contribution in [2.24, 2.45) is 0 Å². The summed E-state index contributed by atoms with van der Waals surface area (Å²) in [6.07, 6.45) is 2.06. The third-order valence-electron chi connectivity index (χ3n) is 2.97. The van der Waals surface area contributed by atoms with Gasteiger partial charge in [0.15, 0.2) is 0 Å². The van der Waals surface area contributed by atoms with Crippen LogP contribution in [0.15, 0.2) is 18.2 Å². The minimum absolute atomic E-state index is 0.443. The van der Waals surface area contributed by atoms with E-state index in [0.29, 0.717) is 6.04 Å². The van der Waals surface area contributed by atoms with Gasteiger partial charge < -0.3 is 4.74 Å². The molecule has 84 valence electrons. The normalized spacial score (nSPS) is 18.1. The van der Waals surface area contributed by atoms with E-state index >= 15 is 0 Å². The summed E-state index contributed by atoms with van der Waals surface area (Å²) in [5.74, 6) is 0. The molecule has 1 aromatic carbocycles. The van der Waals surface area contributed by atoms with Crippen molar-refractivity contribution >= 4 is 33.6 Å². The predicted molar refractivity (Wildman–Crippen MR) is 69.3 cm³/mol. The maximum absolute atomic E-state index is 5.37. The fourth-order valence-corrected chi connectivity index (χ4v) is 2.59. The van der Waals surface area contributed by atoms with Crippen molar-refractivity contribution in [1.82, 2.24) is 15.0 Å². The van der Waals surface area contributed by atoms with E-state index in [1.54, 1.807) is 0 Å². The number of nitrogens with zero attached hydrogens (tertiary/aromatic N) is 3. The van der Waals surface area contributed by atoms with Crippen molar-refractivity contribution in [3.63, 3.8) is 0 Å². The molecule has 1 aromatic heterocycles. The number of rotatable bonds is 1. The molecule has 0 aliphatic carbocycles. The molecule has 0 N–H and O–H groups in total. The summed E-state index contributed by atoms with van der Waals surface area (Å²) < 4.78 is 8.61. The van der Waals surface area contributed by atoms with Crippen LogP contribution in [0.1, 0.15) is 18.9 Å². The van der Waals surface area contributed by atoms with Crippen LogP contribution in [0.25, 0.3) is 11.0 Å². The molecule has 2 aromatic rings. The van der Waals surface area contributed by atoms with Gasteiger partial charge in [0.2, 0.25) is 0 Å². The average Bonchev–Trinajstić information content (AvgIpc) is 2.73. The second-order valence-electron chi connectivity index (χ2n) is 4.01. The molecule has 0 unspecified atom stereocenters. The summed E-state index contributed by atoms with van der Waals surface area (Å²) in [6, 6.07) is 6.71. The zero-order valence-electron chi connectivity index (χ0n) is 8.77. The standard InChI is InChI=1S/C11H12IN3O/c12-8-1-2-11-10(7-8)13-14-15(11)9-3-5-16-6-4-9/h1-2,7,9H,3-6H2. The van der Waals surface area contributed by atoms with Gasteiger partial charge in [0, 0.05) is 16.8 Å². The summed E-state index contributed by atoms with van der Waals surface area (Å²) in [7, 11) is 0. The maximum Gasteiger partial charge on any atom is 0.114 e. The molecule has 1 aliphatic rings. The van der Waals surface area contributed by atoms with Gasteiger partial charge in [0.25, 0.3) is 0 Å². The minimum atomic E-state index is 0.443. The fourth-order valence-electron chi connectivity index (χ4n) is 2.11. The summed E-state index contributed by atoms with van der Waals surface area (Å²) >= 11 is 2.29. The number of ether oxygens (including phenoxy) is 1. The summed E-state index contributed by atoms with van der Waals surface area (Å²) in [5, 5.41) is 8.49. The van der Waals surface area contributed by atoms with Gasteiger partial charge >= 0.3 is 0 Å². The number of hydrogen-bond donors (Lipinski definition) is 0. The second kappa shape index (κ2) is 4.29. The first-order valence-electron chi connectivity index (χ1n) is 5.43. The van der Waals surface area contributed by atoms with Gasteiger partial charge in [-0.2, -0.15) is 0 Å². The van der Waals surface area contributed by atoms with Gasteiger partial charge in [0.1, 0.15) is 5.52 Å². The molecule has 1 fully saturated rings. The maximum atomic E-state index is 5.37. The Bertz CT molecular complexity index is 505. The van der Waals surface area contributed by atoms with E-state index in [0.717, 1.165) is 37.1 Å². The molecule has 0 amide bonds. The van der Waals surface area contributed by atoms with Crippen LogP contribution >= 0.6 is 22.6 Å². The SMILES string of the molecule is Ic1ccc2c(c1)nnn2C1CCOCC1. The highest BCUT2D eigenvalue weighted by molar-refractivity contribution is 14.1. The van der Waals surface area contributed by atoms with Gasteiger partial charge in [-0.3, -0.25) is 0 Å². The number of aromatic nitrogens is 3. The van der Waals surface area contributed by atoms with E-state index in [1.807, 2.05) is 4.68 Å². The molecule has 1 aliphatic heterocycles. The van der Waals surface area contributed by atoms with Crippen molar-refractivity contribution in [2.75, 3.05) is 13.2 Å². The molecule has 3 rings (SSSR count). The van der Waals surface area contributed by atoms with Crippen LogP contribution in [-0.4, -0.2) is 28.2 Å². The molecule has 5 heteroatoms. The molecule has 0 saturated carbocycles. The Balaban J connectivity index is 2.03. The van der Waals surface area contributed by atoms with Crippen LogP contribution in [-0.2, 0) is 4.74 Å². The van der Waals surface area contributed by atoms with Crippen LogP contribution in [0.2, 0.25) is 0 Å². The number of benzene rings is 1. The van der Waals surface area contributed by atoms with E-state index in [2.05, 4.69) is 51.1 Å². The molecule has 0 bridgehead atoms. The molecular weight excluding hydrogens is 317 g/mol. The Kier molecular flexibility index (Phi) is 2.81. The lowest BCUT2D eigenvalue weighted by Crippen LogP contribution is -2.20. The van der Waals surface area contributed by atoms with Crippen molar-refractivity contribution in [1.29, 1.82) is 0 Å². The molecule has 1 saturated heterocycles. The molecule has 0 radical (unpaired) electrons. The largest absolute Gasteiger partial charge is 0.381 e. The minimum Gasteiger partial charge on any atom is -0.381 e. The first-order chi connectivity index (χ1) is 7.84. The second-order valence-corrected chi connectivity index (χ2v) is 5.26. The van der Waals surface area contributed by atoms with Crippen molar-refractivity contribution in [3.8, 4) is 0 Å². The summed E-state index contributed by atoms with van der Waals surface area (Å²) in [6.45, 7) is 1.66. The highest BCUT2D eigenvalue weighted by Gasteiger charge is 2.18. The van der Waals surface area contributed by atoms with Crippen molar-refractivity contribution in [2.45, 2.75) is 18.9 Å². The fraction of sp³-hybridized carbons (Fsp3) is 0.455. The van der Waals surface area contributed by atoms with Crippen LogP contribution in [0.3, 0.4) is 0 Å². The lowest BCUT2D eigenvalue weighted by atomic mass is 10.1. The van der Waals surface area contributed by atoms with Crippen LogP contribution in [0, 0.1) is 3.57 Å². The number of fused-ring (bicyclic) bond motifs is 1. The zero-order valence-corrected chi connectivity index (χ0v) is 10.9. The molecule has 16 heavy (non-hydrogen) atoms. The Labute approximate surface area is 107 Å². The van der Waals surface area contributed by atoms with Gasteiger partial charge in [0.05, 0.1) is 11.6 Å². The van der Waals surface area contributed by atoms with Crippen molar-refractivity contribution in [3.05, 3.63) is 21.8 Å². The van der Waals surface area contributed by atoms with Gasteiger partial charge in [-0.1, -0.05) is 5.21 Å². The highest BCUT2D eigenvalue weighted by Crippen LogP contribution is 2.24. The smallest absolute Gasteiger partial charge is 0.114 e. The van der Waals surface area contributed by atoms with E-state index in [9.17, 15) is 0 Å². The third kappa shape index (κ3) is 1.82. The van der Waals surface area contributed by atoms with Gasteiger partial charge in [-0.05, 0) is 53.6 Å². The molecule has 0 spiro atoms. The predicted octanol–water partition coefficient (Wildman–Crippen LogP) is 2.39. The Morgan fingerprint density at radius 2 is 2.12 bits per heavy atom. The quantitative estimate of drug-likeness (QED) is 0.755. The van der Waals surface area contributed by atoms with E-state index in [1.165, 1.54) is 3.57 Å². The summed E-state index contributed by atoms with van der Waals surface area (Å²) in [4.78, 5) is 0. The zero-order chi connectivity index (χ0) is 11.0. The third-order valence-corrected chi connectivity index (χ3v) is 3.64. The summed E-state index contributed by atoms with van der Waals surface area (Å²) in [5.41, 5.74) is 2.12. The molecular formula is C11H12IN3O. The topological polar surface area (TPSA) is 39.9 Å². The molecule has 4 nitrogen and oxygen atoms in total. The average molecular weight is 329 g/mol. The van der Waals surface area contributed by atoms with E-state index in [-0.39, 0.29) is 0 Å². The lowest BCUT2D eigenvalue weighted by Gasteiger charge is -2.22. The van der Waals surface area contributed by atoms with E-state index < -0.39 is 0 Å². The Morgan fingerprint density at radius 3 is 2.94 bits per heavy atom. The lowest BCUT2D eigenvalue weighted by molar-refractivity contribution is 0.0669. The Morgan fingerprint density at radius 1 is 1.31 bits per heavy atom. The first kappa shape index (κ1) is 10.5. The number of halogens is 1. The van der Waals surface area contributed by atoms with Crippen molar-refractivity contribution < 1.29 is 4.74 Å². The van der Waals surface area contributed by atoms with Gasteiger partial charge in [-0.25, -0.2) is 4.68 Å². The number of hydrogen-bond acceptors (Lipinski definition) is 3. The van der Waals surface area contributed by atoms with E-state index in [4.69, 9.17) is 4.74 Å².